The van der Waals surface area contributed by atoms with Crippen LogP contribution in [0, 0.1) is 0 Å². The van der Waals surface area contributed by atoms with E-state index in [1.54, 1.807) is 13.0 Å². The second-order valence-electron chi connectivity index (χ2n) is 7.01. The molecule has 4 rings (SSSR count). The minimum Gasteiger partial charge on any atom is -0.393 e. The molecule has 0 radical (unpaired) electrons. The average Bonchev–Trinajstić information content (AvgIpc) is 3.17. The highest BCUT2D eigenvalue weighted by Gasteiger charge is 2.32. The van der Waals surface area contributed by atoms with Gasteiger partial charge >= 0.3 is 0 Å². The zero-order chi connectivity index (χ0) is 17.6. The monoisotopic (exact) mass is 335 g/mol. The van der Waals surface area contributed by atoms with Crippen LogP contribution in [0.3, 0.4) is 0 Å². The Labute approximate surface area is 147 Å². The van der Waals surface area contributed by atoms with Gasteiger partial charge in [0.05, 0.1) is 6.10 Å². The zero-order valence-corrected chi connectivity index (χ0v) is 14.2. The third kappa shape index (κ3) is 2.67. The molecule has 1 amide bonds. The summed E-state index contributed by atoms with van der Waals surface area (Å²) in [6, 6.07) is 13.1. The lowest BCUT2D eigenvalue weighted by Gasteiger charge is -2.26. The molecule has 1 fully saturated rings. The van der Waals surface area contributed by atoms with Crippen molar-refractivity contribution in [3.63, 3.8) is 0 Å². The molecule has 0 bridgehead atoms. The third-order valence-corrected chi connectivity index (χ3v) is 5.22. The molecule has 0 aromatic heterocycles. The van der Waals surface area contributed by atoms with E-state index in [4.69, 9.17) is 0 Å². The predicted octanol–water partition coefficient (Wildman–Crippen LogP) is 3.27. The first kappa shape index (κ1) is 16.0. The van der Waals surface area contributed by atoms with Crippen LogP contribution >= 0.6 is 0 Å². The van der Waals surface area contributed by atoms with Gasteiger partial charge in [-0.15, -0.1) is 0 Å². The Bertz CT molecular complexity index is 856. The van der Waals surface area contributed by atoms with Gasteiger partial charge in [0.2, 0.25) is 0 Å². The topological polar surface area (TPSA) is 57.6 Å². The molecule has 1 saturated heterocycles. The van der Waals surface area contributed by atoms with Crippen LogP contribution in [0.5, 0.6) is 0 Å². The van der Waals surface area contributed by atoms with Crippen LogP contribution in [0.1, 0.15) is 52.5 Å². The Morgan fingerprint density at radius 1 is 1.16 bits per heavy atom. The van der Waals surface area contributed by atoms with Gasteiger partial charge in [0.1, 0.15) is 0 Å². The molecule has 1 aliphatic heterocycles. The van der Waals surface area contributed by atoms with Crippen molar-refractivity contribution in [3.05, 3.63) is 59.2 Å². The van der Waals surface area contributed by atoms with Crippen molar-refractivity contribution in [2.45, 2.75) is 38.3 Å². The standard InChI is InChI=1S/C21H21NO3/c1-13(23)11-15-5-4-10-22(15)21(25)14-8-9-17-16-6-2-3-7-18(16)20(24)19(17)12-14/h2-3,6-9,12-13,15,23H,4-5,10-11H2,1H3. The minimum atomic E-state index is -0.422. The van der Waals surface area contributed by atoms with E-state index >= 15 is 0 Å². The molecule has 4 nitrogen and oxygen atoms in total. The smallest absolute Gasteiger partial charge is 0.254 e. The normalized spacial score (nSPS) is 19.7. The summed E-state index contributed by atoms with van der Waals surface area (Å²) in [6.45, 7) is 2.47. The minimum absolute atomic E-state index is 0.0118. The third-order valence-electron chi connectivity index (χ3n) is 5.22. The number of amides is 1. The van der Waals surface area contributed by atoms with E-state index < -0.39 is 6.10 Å². The van der Waals surface area contributed by atoms with Gasteiger partial charge in [-0.05, 0) is 49.4 Å². The molecule has 2 atom stereocenters. The number of rotatable bonds is 3. The highest BCUT2D eigenvalue weighted by Crippen LogP contribution is 2.37. The zero-order valence-electron chi connectivity index (χ0n) is 14.2. The molecule has 4 heteroatoms. The van der Waals surface area contributed by atoms with Gasteiger partial charge in [-0.2, -0.15) is 0 Å². The second-order valence-corrected chi connectivity index (χ2v) is 7.01. The van der Waals surface area contributed by atoms with Gasteiger partial charge in [0.25, 0.3) is 5.91 Å². The van der Waals surface area contributed by atoms with E-state index in [1.165, 1.54) is 0 Å². The van der Waals surface area contributed by atoms with Crippen molar-refractivity contribution in [1.82, 2.24) is 4.90 Å². The molecular weight excluding hydrogens is 314 g/mol. The Hall–Kier alpha value is -2.46. The number of hydrogen-bond acceptors (Lipinski definition) is 3. The van der Waals surface area contributed by atoms with Gasteiger partial charge in [0, 0.05) is 29.3 Å². The second kappa shape index (κ2) is 6.12. The fourth-order valence-electron chi connectivity index (χ4n) is 4.07. The number of aliphatic hydroxyl groups is 1. The first-order chi connectivity index (χ1) is 12.1. The number of benzene rings is 2. The highest BCUT2D eigenvalue weighted by atomic mass is 16.3. The van der Waals surface area contributed by atoms with Crippen molar-refractivity contribution in [2.24, 2.45) is 0 Å². The fourth-order valence-corrected chi connectivity index (χ4v) is 4.07. The predicted molar refractivity (Wildman–Crippen MR) is 95.7 cm³/mol. The van der Waals surface area contributed by atoms with Gasteiger partial charge in [-0.25, -0.2) is 0 Å². The Balaban J connectivity index is 1.65. The number of likely N-dealkylation sites (tertiary alicyclic amines) is 1. The molecule has 1 aliphatic carbocycles. The summed E-state index contributed by atoms with van der Waals surface area (Å²) >= 11 is 0. The van der Waals surface area contributed by atoms with E-state index in [-0.39, 0.29) is 17.7 Å². The number of carbonyl (C=O) groups excluding carboxylic acids is 2. The number of hydrogen-bond donors (Lipinski definition) is 1. The number of ketones is 1. The Morgan fingerprint density at radius 2 is 1.88 bits per heavy atom. The highest BCUT2D eigenvalue weighted by molar-refractivity contribution is 6.22. The number of aliphatic hydroxyl groups excluding tert-OH is 1. The molecule has 0 saturated carbocycles. The number of fused-ring (bicyclic) bond motifs is 3. The SMILES string of the molecule is CC(O)CC1CCCN1C(=O)c1ccc2c(c1)C(=O)c1ccccc1-2. The van der Waals surface area contributed by atoms with Gasteiger partial charge < -0.3 is 10.0 Å². The first-order valence-corrected chi connectivity index (χ1v) is 8.83. The summed E-state index contributed by atoms with van der Waals surface area (Å²) in [6.07, 6.45) is 2.06. The van der Waals surface area contributed by atoms with Crippen LogP contribution in [0.4, 0.5) is 0 Å². The molecule has 2 aromatic carbocycles. The van der Waals surface area contributed by atoms with Gasteiger partial charge in [0.15, 0.2) is 5.78 Å². The van der Waals surface area contributed by atoms with E-state index in [0.717, 1.165) is 24.0 Å². The van der Waals surface area contributed by atoms with Crippen molar-refractivity contribution in [2.75, 3.05) is 6.54 Å². The van der Waals surface area contributed by atoms with Crippen molar-refractivity contribution in [1.29, 1.82) is 0 Å². The van der Waals surface area contributed by atoms with E-state index in [9.17, 15) is 14.7 Å². The lowest BCUT2D eigenvalue weighted by Crippen LogP contribution is -2.37. The van der Waals surface area contributed by atoms with Gasteiger partial charge in [-0.3, -0.25) is 9.59 Å². The van der Waals surface area contributed by atoms with Crippen LogP contribution in [0.25, 0.3) is 11.1 Å². The molecule has 2 aromatic rings. The summed E-state index contributed by atoms with van der Waals surface area (Å²) < 4.78 is 0. The van der Waals surface area contributed by atoms with E-state index in [2.05, 4.69) is 0 Å². The maximum Gasteiger partial charge on any atom is 0.254 e. The van der Waals surface area contributed by atoms with Crippen molar-refractivity contribution >= 4 is 11.7 Å². The molecular formula is C21H21NO3. The molecule has 2 unspecified atom stereocenters. The summed E-state index contributed by atoms with van der Waals surface area (Å²) in [5, 5.41) is 9.66. The van der Waals surface area contributed by atoms with Crippen molar-refractivity contribution < 1.29 is 14.7 Å². The molecule has 2 aliphatic rings. The maximum atomic E-state index is 13.0. The number of nitrogens with zero attached hydrogens (tertiary/aromatic N) is 1. The molecule has 25 heavy (non-hydrogen) atoms. The average molecular weight is 335 g/mol. The molecule has 128 valence electrons. The lowest BCUT2D eigenvalue weighted by molar-refractivity contribution is 0.0682. The summed E-state index contributed by atoms with van der Waals surface area (Å²) in [4.78, 5) is 27.4. The first-order valence-electron chi connectivity index (χ1n) is 8.83. The van der Waals surface area contributed by atoms with E-state index in [1.807, 2.05) is 41.3 Å². The van der Waals surface area contributed by atoms with Crippen LogP contribution < -0.4 is 0 Å². The lowest BCUT2D eigenvalue weighted by atomic mass is 10.0. The molecule has 1 N–H and O–H groups in total. The van der Waals surface area contributed by atoms with E-state index in [0.29, 0.717) is 29.7 Å². The quantitative estimate of drug-likeness (QED) is 0.799. The number of carbonyl (C=O) groups is 2. The molecule has 1 heterocycles. The largest absolute Gasteiger partial charge is 0.393 e. The maximum absolute atomic E-state index is 13.0. The summed E-state index contributed by atoms with van der Waals surface area (Å²) in [7, 11) is 0. The summed E-state index contributed by atoms with van der Waals surface area (Å²) in [5.41, 5.74) is 3.71. The molecule has 0 spiro atoms. The summed E-state index contributed by atoms with van der Waals surface area (Å²) in [5.74, 6) is -0.0584. The van der Waals surface area contributed by atoms with Crippen LogP contribution in [0.2, 0.25) is 0 Å². The van der Waals surface area contributed by atoms with Gasteiger partial charge in [-0.1, -0.05) is 30.3 Å². The Morgan fingerprint density at radius 3 is 2.64 bits per heavy atom. The van der Waals surface area contributed by atoms with Crippen molar-refractivity contribution in [3.8, 4) is 11.1 Å². The van der Waals surface area contributed by atoms with Crippen LogP contribution in [-0.2, 0) is 0 Å². The fraction of sp³-hybridized carbons (Fsp3) is 0.333. The van der Waals surface area contributed by atoms with Crippen LogP contribution in [0.15, 0.2) is 42.5 Å². The van der Waals surface area contributed by atoms with Crippen LogP contribution in [-0.4, -0.2) is 40.4 Å². The Kier molecular flexibility index (Phi) is 3.92.